The molecule has 4 heterocycles. The zero-order valence-corrected chi connectivity index (χ0v) is 28.8. The van der Waals surface area contributed by atoms with Gasteiger partial charge in [-0.15, -0.1) is 0 Å². The van der Waals surface area contributed by atoms with Crippen LogP contribution in [0.15, 0.2) is 36.7 Å². The van der Waals surface area contributed by atoms with Gasteiger partial charge in [0.1, 0.15) is 11.7 Å². The molecule has 0 amide bonds. The molecule has 1 aromatic carbocycles. The van der Waals surface area contributed by atoms with Gasteiger partial charge in [0.2, 0.25) is 16.0 Å². The lowest BCUT2D eigenvalue weighted by molar-refractivity contribution is -0.158. The van der Waals surface area contributed by atoms with Crippen molar-refractivity contribution in [3.8, 4) is 5.19 Å². The number of piperidine rings is 1. The SMILES string of the molecule is CCCc1cnc(N2CCC(Oc3nc4ccc(C5=CCN(S(=O)(=O)CCC(C)(C)OC(=O)CCC(=O)O)CC5)cc4s3)CC2)nc1. The molecule has 1 N–H and O–H groups in total. The maximum Gasteiger partial charge on any atom is 0.306 e. The van der Waals surface area contributed by atoms with Gasteiger partial charge >= 0.3 is 11.9 Å². The van der Waals surface area contributed by atoms with Gasteiger partial charge in [-0.1, -0.05) is 36.8 Å². The molecule has 47 heavy (non-hydrogen) atoms. The van der Waals surface area contributed by atoms with Crippen molar-refractivity contribution in [2.45, 2.75) is 83.8 Å². The Labute approximate surface area is 279 Å². The molecule has 0 aliphatic carbocycles. The van der Waals surface area contributed by atoms with E-state index >= 15 is 0 Å². The predicted molar refractivity (Wildman–Crippen MR) is 181 cm³/mol. The van der Waals surface area contributed by atoms with Crippen LogP contribution in [-0.2, 0) is 30.8 Å². The summed E-state index contributed by atoms with van der Waals surface area (Å²) in [5.41, 5.74) is 3.13. The topological polar surface area (TPSA) is 152 Å². The summed E-state index contributed by atoms with van der Waals surface area (Å²) in [6, 6.07) is 6.10. The lowest BCUT2D eigenvalue weighted by atomic mass is 10.0. The number of carboxylic acids is 1. The van der Waals surface area contributed by atoms with E-state index in [1.165, 1.54) is 15.6 Å². The molecular weight excluding hydrogens is 643 g/mol. The number of thiazole rings is 1. The van der Waals surface area contributed by atoms with Crippen LogP contribution >= 0.6 is 11.3 Å². The summed E-state index contributed by atoms with van der Waals surface area (Å²) in [4.78, 5) is 38.7. The number of sulfonamides is 1. The second kappa shape index (κ2) is 15.1. The number of aryl methyl sites for hydroxylation is 1. The van der Waals surface area contributed by atoms with Gasteiger partial charge in [-0.3, -0.25) is 9.59 Å². The number of hydrogen-bond donors (Lipinski definition) is 1. The average molecular weight is 686 g/mol. The van der Waals surface area contributed by atoms with E-state index in [2.05, 4.69) is 27.9 Å². The van der Waals surface area contributed by atoms with Crippen molar-refractivity contribution in [3.05, 3.63) is 47.8 Å². The first-order valence-corrected chi connectivity index (χ1v) is 18.6. The van der Waals surface area contributed by atoms with Crippen LogP contribution in [0.2, 0.25) is 0 Å². The van der Waals surface area contributed by atoms with E-state index in [-0.39, 0.29) is 37.7 Å². The minimum atomic E-state index is -3.58. The van der Waals surface area contributed by atoms with Crippen molar-refractivity contribution in [1.29, 1.82) is 0 Å². The standard InChI is InChI=1S/C33H43N5O7S2/c1-4-5-23-21-34-31(35-22-23)37-15-12-26(13-16-37)44-32-36-27-7-6-25(20-28(27)46-32)24-10-17-38(18-11-24)47(42,43)19-14-33(2,3)45-30(41)9-8-29(39)40/h6-7,10,20-22,26H,4-5,8-9,11-19H2,1-3H3,(H,39,40). The van der Waals surface area contributed by atoms with Gasteiger partial charge in [-0.25, -0.2) is 23.4 Å². The minimum absolute atomic E-state index is 0.0780. The number of carboxylic acid groups (broad SMARTS) is 1. The second-order valence-electron chi connectivity index (χ2n) is 12.6. The number of esters is 1. The largest absolute Gasteiger partial charge is 0.481 e. The van der Waals surface area contributed by atoms with E-state index in [1.54, 1.807) is 13.8 Å². The van der Waals surface area contributed by atoms with Gasteiger partial charge in [-0.05, 0) is 55.5 Å². The molecule has 0 bridgehead atoms. The van der Waals surface area contributed by atoms with E-state index in [0.29, 0.717) is 18.2 Å². The molecule has 2 aromatic heterocycles. The number of aromatic nitrogens is 3. The maximum absolute atomic E-state index is 13.1. The highest BCUT2D eigenvalue weighted by atomic mass is 32.2. The van der Waals surface area contributed by atoms with Crippen molar-refractivity contribution in [1.82, 2.24) is 19.3 Å². The molecular formula is C33H43N5O7S2. The molecule has 0 unspecified atom stereocenters. The van der Waals surface area contributed by atoms with Crippen LogP contribution in [0.4, 0.5) is 5.95 Å². The Morgan fingerprint density at radius 2 is 1.85 bits per heavy atom. The van der Waals surface area contributed by atoms with E-state index in [0.717, 1.165) is 71.6 Å². The smallest absolute Gasteiger partial charge is 0.306 e. The summed E-state index contributed by atoms with van der Waals surface area (Å²) < 4.78 is 40.3. The second-order valence-corrected chi connectivity index (χ2v) is 15.7. The van der Waals surface area contributed by atoms with Gasteiger partial charge in [-0.2, -0.15) is 4.31 Å². The van der Waals surface area contributed by atoms with E-state index in [9.17, 15) is 18.0 Å². The Bertz CT molecular complexity index is 1700. The quantitative estimate of drug-likeness (QED) is 0.226. The molecule has 0 saturated carbocycles. The highest BCUT2D eigenvalue weighted by Crippen LogP contribution is 2.34. The molecule has 1 fully saturated rings. The summed E-state index contributed by atoms with van der Waals surface area (Å²) in [6.45, 7) is 7.68. The minimum Gasteiger partial charge on any atom is -0.481 e. The zero-order chi connectivity index (χ0) is 33.6. The summed E-state index contributed by atoms with van der Waals surface area (Å²) in [5, 5.41) is 9.40. The van der Waals surface area contributed by atoms with Gasteiger partial charge in [0.05, 0.1) is 28.8 Å². The van der Waals surface area contributed by atoms with E-state index in [4.69, 9.17) is 19.6 Å². The molecule has 2 aliphatic rings. The van der Waals surface area contributed by atoms with Gasteiger partial charge < -0.3 is 19.5 Å². The molecule has 5 rings (SSSR count). The maximum atomic E-state index is 13.1. The lowest BCUT2D eigenvalue weighted by Crippen LogP contribution is -2.39. The number of benzene rings is 1. The lowest BCUT2D eigenvalue weighted by Gasteiger charge is -2.31. The number of carbonyl (C=O) groups excluding carboxylic acids is 1. The first-order valence-electron chi connectivity index (χ1n) is 16.1. The van der Waals surface area contributed by atoms with Crippen LogP contribution in [0.3, 0.4) is 0 Å². The molecule has 2 aliphatic heterocycles. The van der Waals surface area contributed by atoms with Crippen LogP contribution in [-0.4, -0.2) is 88.4 Å². The third kappa shape index (κ3) is 9.48. The average Bonchev–Trinajstić information content (AvgIpc) is 3.45. The number of ether oxygens (including phenoxy) is 2. The van der Waals surface area contributed by atoms with Crippen molar-refractivity contribution in [2.75, 3.05) is 36.8 Å². The van der Waals surface area contributed by atoms with Crippen LogP contribution in [0, 0.1) is 0 Å². The Morgan fingerprint density at radius 1 is 1.11 bits per heavy atom. The molecule has 3 aromatic rings. The first kappa shape index (κ1) is 34.7. The highest BCUT2D eigenvalue weighted by molar-refractivity contribution is 7.89. The Kier molecular flexibility index (Phi) is 11.1. The van der Waals surface area contributed by atoms with Crippen molar-refractivity contribution in [2.24, 2.45) is 0 Å². The van der Waals surface area contributed by atoms with Crippen LogP contribution in [0.25, 0.3) is 15.8 Å². The normalized spacial score (nSPS) is 16.7. The Morgan fingerprint density at radius 3 is 2.51 bits per heavy atom. The zero-order valence-electron chi connectivity index (χ0n) is 27.2. The molecule has 0 atom stereocenters. The molecule has 1 saturated heterocycles. The predicted octanol–water partition coefficient (Wildman–Crippen LogP) is 5.08. The van der Waals surface area contributed by atoms with Crippen molar-refractivity contribution < 1.29 is 32.6 Å². The van der Waals surface area contributed by atoms with Crippen molar-refractivity contribution in [3.63, 3.8) is 0 Å². The fraction of sp³-hybridized carbons (Fsp3) is 0.545. The van der Waals surface area contributed by atoms with Crippen LogP contribution in [0.5, 0.6) is 5.19 Å². The van der Waals surface area contributed by atoms with E-state index < -0.39 is 27.6 Å². The van der Waals surface area contributed by atoms with Crippen molar-refractivity contribution >= 4 is 55.0 Å². The molecule has 14 heteroatoms. The number of rotatable bonds is 14. The number of aliphatic carboxylic acids is 1. The number of fused-ring (bicyclic) bond motifs is 1. The van der Waals surface area contributed by atoms with Gasteiger partial charge in [0.25, 0.3) is 5.19 Å². The summed E-state index contributed by atoms with van der Waals surface area (Å²) in [6.07, 6.45) is 9.76. The Balaban J connectivity index is 1.12. The van der Waals surface area contributed by atoms with Gasteiger partial charge in [0.15, 0.2) is 0 Å². The molecule has 254 valence electrons. The van der Waals surface area contributed by atoms with Crippen LogP contribution in [0.1, 0.15) is 76.8 Å². The summed E-state index contributed by atoms with van der Waals surface area (Å²) in [5.74, 6) is -1.15. The number of hydrogen-bond acceptors (Lipinski definition) is 11. The fourth-order valence-electron chi connectivity index (χ4n) is 5.69. The number of carbonyl (C=O) groups is 2. The fourth-order valence-corrected chi connectivity index (χ4v) is 8.29. The summed E-state index contributed by atoms with van der Waals surface area (Å²) >= 11 is 1.52. The number of anilines is 1. The monoisotopic (exact) mass is 685 g/mol. The third-order valence-corrected chi connectivity index (χ3v) is 11.2. The third-order valence-electron chi connectivity index (χ3n) is 8.42. The van der Waals surface area contributed by atoms with Gasteiger partial charge in [0, 0.05) is 57.8 Å². The van der Waals surface area contributed by atoms with Crippen LogP contribution < -0.4 is 9.64 Å². The number of nitrogens with zero attached hydrogens (tertiary/aromatic N) is 5. The van der Waals surface area contributed by atoms with E-state index in [1.807, 2.05) is 30.6 Å². The first-order chi connectivity index (χ1) is 22.4. The molecule has 0 radical (unpaired) electrons. The Hall–Kier alpha value is -3.62. The highest BCUT2D eigenvalue weighted by Gasteiger charge is 2.30. The molecule has 0 spiro atoms. The summed E-state index contributed by atoms with van der Waals surface area (Å²) in [7, 11) is -3.58. The molecule has 12 nitrogen and oxygen atoms in total.